The van der Waals surface area contributed by atoms with Crippen LogP contribution in [0.25, 0.3) is 0 Å². The zero-order valence-electron chi connectivity index (χ0n) is 17.3. The number of amides is 1. The van der Waals surface area contributed by atoms with Crippen molar-refractivity contribution in [3.63, 3.8) is 0 Å². The molecule has 0 saturated heterocycles. The maximum Gasteiger partial charge on any atom is 0.306 e. The van der Waals surface area contributed by atoms with Crippen LogP contribution in [0.15, 0.2) is 77.9 Å². The van der Waals surface area contributed by atoms with E-state index in [9.17, 15) is 4.79 Å². The van der Waals surface area contributed by atoms with Gasteiger partial charge in [-0.15, -0.1) is 0 Å². The van der Waals surface area contributed by atoms with Crippen molar-refractivity contribution in [1.29, 1.82) is 0 Å². The SMILES string of the molecule is COc1ccc(C2=NN3[C@@H](C2)c2ccccc2O[C@]32C(=O)N(C)c3ccccc32)cc1. The van der Waals surface area contributed by atoms with E-state index in [-0.39, 0.29) is 11.9 Å². The Balaban J connectivity index is 1.55. The minimum absolute atomic E-state index is 0.0921. The molecule has 6 rings (SSSR count). The van der Waals surface area contributed by atoms with Gasteiger partial charge in [0.25, 0.3) is 5.91 Å². The van der Waals surface area contributed by atoms with Crippen molar-refractivity contribution < 1.29 is 14.3 Å². The third-order valence-electron chi connectivity index (χ3n) is 6.42. The smallest absolute Gasteiger partial charge is 0.306 e. The standard InChI is InChI=1S/C25H21N3O3/c1-27-21-9-5-4-8-19(21)25(24(27)29)28-22(18-7-3-6-10-23(18)31-25)15-20(26-28)16-11-13-17(30-2)14-12-16/h3-14,22H,15H2,1-2H3/t22-,25+/m0/s1. The summed E-state index contributed by atoms with van der Waals surface area (Å²) in [5.41, 5.74) is 3.33. The number of benzene rings is 3. The van der Waals surface area contributed by atoms with Crippen LogP contribution >= 0.6 is 0 Å². The summed E-state index contributed by atoms with van der Waals surface area (Å²) < 4.78 is 11.8. The van der Waals surface area contributed by atoms with E-state index in [0.29, 0.717) is 6.42 Å². The van der Waals surface area contributed by atoms with Crippen molar-refractivity contribution in [1.82, 2.24) is 5.01 Å². The van der Waals surface area contributed by atoms with E-state index in [0.717, 1.165) is 39.6 Å². The molecule has 31 heavy (non-hydrogen) atoms. The van der Waals surface area contributed by atoms with Crippen LogP contribution in [0.4, 0.5) is 5.69 Å². The van der Waals surface area contributed by atoms with Crippen LogP contribution in [0, 0.1) is 0 Å². The first-order valence-corrected chi connectivity index (χ1v) is 10.3. The average molecular weight is 411 g/mol. The van der Waals surface area contributed by atoms with Crippen molar-refractivity contribution in [2.24, 2.45) is 5.10 Å². The van der Waals surface area contributed by atoms with Gasteiger partial charge in [0, 0.05) is 19.0 Å². The topological polar surface area (TPSA) is 54.4 Å². The molecule has 3 aromatic carbocycles. The molecule has 1 spiro atoms. The number of carbonyl (C=O) groups excluding carboxylic acids is 1. The van der Waals surface area contributed by atoms with Gasteiger partial charge in [0.1, 0.15) is 11.5 Å². The molecular weight excluding hydrogens is 390 g/mol. The number of ether oxygens (including phenoxy) is 2. The molecule has 0 aromatic heterocycles. The summed E-state index contributed by atoms with van der Waals surface area (Å²) in [6.07, 6.45) is 0.688. The molecule has 154 valence electrons. The summed E-state index contributed by atoms with van der Waals surface area (Å²) in [7, 11) is 3.44. The number of anilines is 1. The van der Waals surface area contributed by atoms with Gasteiger partial charge in [0.15, 0.2) is 0 Å². The van der Waals surface area contributed by atoms with Gasteiger partial charge in [0.2, 0.25) is 0 Å². The maximum atomic E-state index is 13.7. The van der Waals surface area contributed by atoms with Crippen molar-refractivity contribution in [2.45, 2.75) is 18.2 Å². The predicted molar refractivity (Wildman–Crippen MR) is 117 cm³/mol. The third kappa shape index (κ3) is 2.33. The number of methoxy groups -OCH3 is 1. The maximum absolute atomic E-state index is 13.7. The number of fused-ring (bicyclic) bond motifs is 6. The zero-order chi connectivity index (χ0) is 21.2. The minimum atomic E-state index is -1.31. The average Bonchev–Trinajstić information content (AvgIpc) is 3.36. The Morgan fingerprint density at radius 1 is 1.03 bits per heavy atom. The van der Waals surface area contributed by atoms with E-state index < -0.39 is 5.72 Å². The van der Waals surface area contributed by atoms with Crippen LogP contribution in [-0.4, -0.2) is 30.8 Å². The van der Waals surface area contributed by atoms with E-state index in [4.69, 9.17) is 14.6 Å². The van der Waals surface area contributed by atoms with E-state index >= 15 is 0 Å². The molecule has 1 amide bonds. The van der Waals surface area contributed by atoms with Gasteiger partial charge < -0.3 is 14.4 Å². The Labute approximate surface area is 180 Å². The molecule has 6 heteroatoms. The first kappa shape index (κ1) is 18.0. The highest BCUT2D eigenvalue weighted by Crippen LogP contribution is 2.55. The summed E-state index contributed by atoms with van der Waals surface area (Å²) in [6, 6.07) is 23.5. The highest BCUT2D eigenvalue weighted by atomic mass is 16.5. The summed E-state index contributed by atoms with van der Waals surface area (Å²) >= 11 is 0. The van der Waals surface area contributed by atoms with Gasteiger partial charge in [-0.2, -0.15) is 5.10 Å². The fraction of sp³-hybridized carbons (Fsp3) is 0.200. The molecule has 0 bridgehead atoms. The number of rotatable bonds is 2. The highest BCUT2D eigenvalue weighted by Gasteiger charge is 2.62. The normalized spacial score (nSPS) is 23.2. The molecule has 3 aliphatic heterocycles. The lowest BCUT2D eigenvalue weighted by molar-refractivity contribution is -0.163. The second-order valence-corrected chi connectivity index (χ2v) is 8.00. The zero-order valence-corrected chi connectivity index (χ0v) is 17.3. The third-order valence-corrected chi connectivity index (χ3v) is 6.42. The lowest BCUT2D eigenvalue weighted by Gasteiger charge is -2.44. The number of hydrogen-bond acceptors (Lipinski definition) is 5. The van der Waals surface area contributed by atoms with Crippen LogP contribution in [0.3, 0.4) is 0 Å². The van der Waals surface area contributed by atoms with E-state index in [1.165, 1.54) is 0 Å². The van der Waals surface area contributed by atoms with Gasteiger partial charge in [-0.25, -0.2) is 5.01 Å². The molecular formula is C25H21N3O3. The minimum Gasteiger partial charge on any atom is -0.497 e. The number of likely N-dealkylation sites (N-methyl/N-ethyl adjacent to an activating group) is 1. The van der Waals surface area contributed by atoms with Gasteiger partial charge >= 0.3 is 5.72 Å². The summed E-state index contributed by atoms with van der Waals surface area (Å²) in [5.74, 6) is 1.40. The predicted octanol–water partition coefficient (Wildman–Crippen LogP) is 4.07. The molecule has 3 heterocycles. The second-order valence-electron chi connectivity index (χ2n) is 8.00. The number of hydrogen-bond donors (Lipinski definition) is 0. The number of carbonyl (C=O) groups is 1. The summed E-state index contributed by atoms with van der Waals surface area (Å²) in [4.78, 5) is 15.4. The molecule has 0 fully saturated rings. The number of nitrogens with zero attached hydrogens (tertiary/aromatic N) is 3. The summed E-state index contributed by atoms with van der Waals surface area (Å²) in [5, 5.41) is 6.86. The number of hydrazone groups is 1. The van der Waals surface area contributed by atoms with Gasteiger partial charge in [-0.3, -0.25) is 4.79 Å². The molecule has 0 saturated carbocycles. The van der Waals surface area contributed by atoms with E-state index in [2.05, 4.69) is 6.07 Å². The van der Waals surface area contributed by atoms with Gasteiger partial charge in [0.05, 0.1) is 30.1 Å². The second kappa shape index (κ2) is 6.35. The van der Waals surface area contributed by atoms with Crippen molar-refractivity contribution >= 4 is 17.3 Å². The molecule has 2 atom stereocenters. The van der Waals surface area contributed by atoms with Crippen LogP contribution in [0.1, 0.15) is 29.2 Å². The molecule has 0 aliphatic carbocycles. The summed E-state index contributed by atoms with van der Waals surface area (Å²) in [6.45, 7) is 0. The molecule has 0 unspecified atom stereocenters. The monoisotopic (exact) mass is 411 g/mol. The molecule has 0 N–H and O–H groups in total. The Bertz CT molecular complexity index is 1240. The lowest BCUT2D eigenvalue weighted by Crippen LogP contribution is -2.56. The Morgan fingerprint density at radius 2 is 1.77 bits per heavy atom. The Morgan fingerprint density at radius 3 is 2.58 bits per heavy atom. The first-order chi connectivity index (χ1) is 15.1. The highest BCUT2D eigenvalue weighted by molar-refractivity contribution is 6.08. The fourth-order valence-corrected chi connectivity index (χ4v) is 4.88. The van der Waals surface area contributed by atoms with Crippen LogP contribution < -0.4 is 14.4 Å². The number of para-hydroxylation sites is 2. The van der Waals surface area contributed by atoms with E-state index in [1.807, 2.05) is 71.7 Å². The Kier molecular flexibility index (Phi) is 3.69. The lowest BCUT2D eigenvalue weighted by atomic mass is 9.92. The van der Waals surface area contributed by atoms with Crippen molar-refractivity contribution in [3.05, 3.63) is 89.5 Å². The van der Waals surface area contributed by atoms with Crippen molar-refractivity contribution in [2.75, 3.05) is 19.1 Å². The molecule has 3 aliphatic rings. The first-order valence-electron chi connectivity index (χ1n) is 10.3. The van der Waals surface area contributed by atoms with Crippen molar-refractivity contribution in [3.8, 4) is 11.5 Å². The van der Waals surface area contributed by atoms with E-state index in [1.54, 1.807) is 19.1 Å². The molecule has 3 aromatic rings. The molecule has 0 radical (unpaired) electrons. The van der Waals surface area contributed by atoms with Crippen LogP contribution in [-0.2, 0) is 10.5 Å². The fourth-order valence-electron chi connectivity index (χ4n) is 4.88. The van der Waals surface area contributed by atoms with Gasteiger partial charge in [-0.1, -0.05) is 36.4 Å². The molecule has 6 nitrogen and oxygen atoms in total. The van der Waals surface area contributed by atoms with Gasteiger partial charge in [-0.05, 0) is 42.0 Å². The Hall–Kier alpha value is -3.80. The van der Waals surface area contributed by atoms with Crippen LogP contribution in [0.5, 0.6) is 11.5 Å². The van der Waals surface area contributed by atoms with Crippen LogP contribution in [0.2, 0.25) is 0 Å². The quantitative estimate of drug-likeness (QED) is 0.638. The largest absolute Gasteiger partial charge is 0.497 e.